The number of hydrogen-bond acceptors (Lipinski definition) is 2. The highest BCUT2D eigenvalue weighted by atomic mass is 79.9. The van der Waals surface area contributed by atoms with E-state index in [-0.39, 0.29) is 5.78 Å². The van der Waals surface area contributed by atoms with Gasteiger partial charge >= 0.3 is 0 Å². The molecule has 0 aromatic heterocycles. The molecule has 0 saturated heterocycles. The van der Waals surface area contributed by atoms with Crippen LogP contribution in [0.5, 0.6) is 5.75 Å². The zero-order chi connectivity index (χ0) is 14.0. The van der Waals surface area contributed by atoms with Gasteiger partial charge in [-0.1, -0.05) is 13.8 Å². The molecule has 0 N–H and O–H groups in total. The van der Waals surface area contributed by atoms with Gasteiger partial charge in [-0.3, -0.25) is 4.79 Å². The second-order valence-electron chi connectivity index (χ2n) is 5.86. The Bertz CT molecular complexity index is 460. The maximum atomic E-state index is 11.3. The standard InChI is InChI=1S/C16H21BrO2/c1-10-6-11(2)8-14(7-10)19-16-5-4-13(12(3)18)9-15(16)17/h4-5,9-11,14H,6-8H2,1-3H3. The first-order valence-corrected chi connectivity index (χ1v) is 7.72. The number of benzene rings is 1. The van der Waals surface area contributed by atoms with E-state index in [1.54, 1.807) is 6.92 Å². The van der Waals surface area contributed by atoms with Crippen LogP contribution in [0.4, 0.5) is 0 Å². The van der Waals surface area contributed by atoms with Crippen molar-refractivity contribution in [2.24, 2.45) is 11.8 Å². The molecule has 0 bridgehead atoms. The summed E-state index contributed by atoms with van der Waals surface area (Å²) in [7, 11) is 0. The minimum absolute atomic E-state index is 0.0761. The number of ketones is 1. The van der Waals surface area contributed by atoms with Crippen LogP contribution in [0.15, 0.2) is 22.7 Å². The lowest BCUT2D eigenvalue weighted by atomic mass is 9.82. The predicted octanol–water partition coefficient (Wildman–Crippen LogP) is 4.86. The Morgan fingerprint density at radius 3 is 2.37 bits per heavy atom. The average Bonchev–Trinajstić information content (AvgIpc) is 2.30. The molecule has 1 aromatic carbocycles. The van der Waals surface area contributed by atoms with E-state index in [0.717, 1.165) is 34.9 Å². The molecular formula is C16H21BrO2. The SMILES string of the molecule is CC(=O)c1ccc(OC2CC(C)CC(C)C2)c(Br)c1. The Kier molecular flexibility index (Phi) is 4.67. The van der Waals surface area contributed by atoms with E-state index in [1.807, 2.05) is 18.2 Å². The van der Waals surface area contributed by atoms with Crippen molar-refractivity contribution in [3.8, 4) is 5.75 Å². The van der Waals surface area contributed by atoms with Crippen molar-refractivity contribution in [3.05, 3.63) is 28.2 Å². The van der Waals surface area contributed by atoms with E-state index in [9.17, 15) is 4.79 Å². The molecule has 1 aliphatic rings. The summed E-state index contributed by atoms with van der Waals surface area (Å²) in [6, 6.07) is 5.57. The van der Waals surface area contributed by atoms with Crippen LogP contribution in [0.3, 0.4) is 0 Å². The van der Waals surface area contributed by atoms with Crippen molar-refractivity contribution in [1.82, 2.24) is 0 Å². The van der Waals surface area contributed by atoms with Gasteiger partial charge < -0.3 is 4.74 Å². The lowest BCUT2D eigenvalue weighted by Gasteiger charge is -2.32. The van der Waals surface area contributed by atoms with Crippen LogP contribution in [0, 0.1) is 11.8 Å². The average molecular weight is 325 g/mol. The Balaban J connectivity index is 2.08. The minimum atomic E-state index is 0.0761. The molecule has 1 aliphatic carbocycles. The van der Waals surface area contributed by atoms with Gasteiger partial charge in [-0.25, -0.2) is 0 Å². The van der Waals surface area contributed by atoms with E-state index in [4.69, 9.17) is 4.74 Å². The van der Waals surface area contributed by atoms with Gasteiger partial charge in [0.15, 0.2) is 5.78 Å². The second-order valence-corrected chi connectivity index (χ2v) is 6.71. The van der Waals surface area contributed by atoms with Crippen molar-refractivity contribution in [3.63, 3.8) is 0 Å². The van der Waals surface area contributed by atoms with Crippen LogP contribution >= 0.6 is 15.9 Å². The number of carbonyl (C=O) groups is 1. The molecule has 2 unspecified atom stereocenters. The van der Waals surface area contributed by atoms with Crippen molar-refractivity contribution in [1.29, 1.82) is 0 Å². The molecule has 0 spiro atoms. The second kappa shape index (κ2) is 6.08. The summed E-state index contributed by atoms with van der Waals surface area (Å²) in [4.78, 5) is 11.3. The number of ether oxygens (including phenoxy) is 1. The molecule has 0 radical (unpaired) electrons. The third kappa shape index (κ3) is 3.82. The molecule has 104 valence electrons. The normalized spacial score (nSPS) is 27.1. The van der Waals surface area contributed by atoms with Crippen LogP contribution in [-0.2, 0) is 0 Å². The predicted molar refractivity (Wildman–Crippen MR) is 80.7 cm³/mol. The van der Waals surface area contributed by atoms with Gasteiger partial charge in [0.25, 0.3) is 0 Å². The first-order chi connectivity index (χ1) is 8.95. The molecule has 1 aromatic rings. The highest BCUT2D eigenvalue weighted by Crippen LogP contribution is 2.34. The van der Waals surface area contributed by atoms with Crippen molar-refractivity contribution in [2.75, 3.05) is 0 Å². The molecule has 2 nitrogen and oxygen atoms in total. The molecule has 3 heteroatoms. The van der Waals surface area contributed by atoms with E-state index < -0.39 is 0 Å². The largest absolute Gasteiger partial charge is 0.489 e. The molecule has 0 amide bonds. The fraction of sp³-hybridized carbons (Fsp3) is 0.562. The zero-order valence-corrected chi connectivity index (χ0v) is 13.4. The van der Waals surface area contributed by atoms with Crippen LogP contribution < -0.4 is 4.74 Å². The van der Waals surface area contributed by atoms with Crippen LogP contribution in [0.2, 0.25) is 0 Å². The number of rotatable bonds is 3. The minimum Gasteiger partial charge on any atom is -0.489 e. The fourth-order valence-electron chi connectivity index (χ4n) is 2.96. The highest BCUT2D eigenvalue weighted by Gasteiger charge is 2.25. The van der Waals surface area contributed by atoms with E-state index in [0.29, 0.717) is 11.7 Å². The number of Topliss-reactive ketones (excluding diaryl/α,β-unsaturated/α-hetero) is 1. The third-order valence-electron chi connectivity index (χ3n) is 3.77. The van der Waals surface area contributed by atoms with Crippen LogP contribution in [0.1, 0.15) is 50.4 Å². The van der Waals surface area contributed by atoms with E-state index in [1.165, 1.54) is 6.42 Å². The summed E-state index contributed by atoms with van der Waals surface area (Å²) in [5, 5.41) is 0. The smallest absolute Gasteiger partial charge is 0.159 e. The lowest BCUT2D eigenvalue weighted by Crippen LogP contribution is -2.28. The van der Waals surface area contributed by atoms with Gasteiger partial charge in [0.2, 0.25) is 0 Å². The number of halogens is 1. The summed E-state index contributed by atoms with van der Waals surface area (Å²) in [5.74, 6) is 2.37. The summed E-state index contributed by atoms with van der Waals surface area (Å²) in [6.07, 6.45) is 3.82. The van der Waals surface area contributed by atoms with Crippen molar-refractivity contribution in [2.45, 2.75) is 46.1 Å². The maximum absolute atomic E-state index is 11.3. The first-order valence-electron chi connectivity index (χ1n) is 6.93. The molecule has 1 saturated carbocycles. The lowest BCUT2D eigenvalue weighted by molar-refractivity contribution is 0.1000. The van der Waals surface area contributed by atoms with Crippen molar-refractivity contribution < 1.29 is 9.53 Å². The van der Waals surface area contributed by atoms with Crippen LogP contribution in [0.25, 0.3) is 0 Å². The highest BCUT2D eigenvalue weighted by molar-refractivity contribution is 9.10. The summed E-state index contributed by atoms with van der Waals surface area (Å²) < 4.78 is 6.97. The van der Waals surface area contributed by atoms with E-state index in [2.05, 4.69) is 29.8 Å². The Morgan fingerprint density at radius 2 is 1.84 bits per heavy atom. The molecule has 0 heterocycles. The van der Waals surface area contributed by atoms with Gasteiger partial charge in [-0.2, -0.15) is 0 Å². The Labute approximate surface area is 123 Å². The molecule has 0 aliphatic heterocycles. The van der Waals surface area contributed by atoms with Gasteiger partial charge in [-0.05, 0) is 72.2 Å². The molecule has 2 atom stereocenters. The Morgan fingerprint density at radius 1 is 1.21 bits per heavy atom. The summed E-state index contributed by atoms with van der Waals surface area (Å²) in [6.45, 7) is 6.16. The molecular weight excluding hydrogens is 304 g/mol. The maximum Gasteiger partial charge on any atom is 0.159 e. The first kappa shape index (κ1) is 14.6. The van der Waals surface area contributed by atoms with Gasteiger partial charge in [0.1, 0.15) is 5.75 Å². The monoisotopic (exact) mass is 324 g/mol. The quantitative estimate of drug-likeness (QED) is 0.742. The summed E-state index contributed by atoms with van der Waals surface area (Å²) >= 11 is 3.50. The molecule has 2 rings (SSSR count). The fourth-order valence-corrected chi connectivity index (χ4v) is 3.44. The van der Waals surface area contributed by atoms with E-state index >= 15 is 0 Å². The number of hydrogen-bond donors (Lipinski definition) is 0. The topological polar surface area (TPSA) is 26.3 Å². The summed E-state index contributed by atoms with van der Waals surface area (Å²) in [5.41, 5.74) is 0.713. The van der Waals surface area contributed by atoms with Gasteiger partial charge in [-0.15, -0.1) is 0 Å². The molecule has 19 heavy (non-hydrogen) atoms. The Hall–Kier alpha value is -0.830. The zero-order valence-electron chi connectivity index (χ0n) is 11.8. The van der Waals surface area contributed by atoms with Crippen LogP contribution in [-0.4, -0.2) is 11.9 Å². The van der Waals surface area contributed by atoms with Gasteiger partial charge in [0, 0.05) is 5.56 Å². The molecule has 1 fully saturated rings. The van der Waals surface area contributed by atoms with Crippen molar-refractivity contribution >= 4 is 21.7 Å². The number of carbonyl (C=O) groups excluding carboxylic acids is 1. The third-order valence-corrected chi connectivity index (χ3v) is 4.39. The van der Waals surface area contributed by atoms with Gasteiger partial charge in [0.05, 0.1) is 10.6 Å².